The summed E-state index contributed by atoms with van der Waals surface area (Å²) in [6.45, 7) is 1.92. The number of rotatable bonds is 7. The number of hydrogen-bond acceptors (Lipinski definition) is 7. The molecule has 2 aromatic rings. The maximum absolute atomic E-state index is 10.9. The van der Waals surface area contributed by atoms with Crippen molar-refractivity contribution in [2.75, 3.05) is 0 Å². The highest BCUT2D eigenvalue weighted by Crippen LogP contribution is 2.36. The van der Waals surface area contributed by atoms with Crippen LogP contribution in [0.4, 0.5) is 17.1 Å². The first kappa shape index (κ1) is 20.6. The smallest absolute Gasteiger partial charge is 0.271 e. The minimum Gasteiger partial charge on any atom is -0.391 e. The standard InChI is InChI=1S/C18H18BrN5O3/c1-2-4-16(25)18(21)17-13(10-20)14(19)7-8-15(17)23-22-11-5-3-6-12(9-11)24(26)27/h3,5-9,16,18,25H,2,4,21H2,1H3. The molecule has 2 unspecified atom stereocenters. The third-order valence-corrected chi connectivity index (χ3v) is 4.59. The number of nitro groups is 1. The average molecular weight is 432 g/mol. The molecule has 0 aliphatic rings. The second-order valence-corrected chi connectivity index (χ2v) is 6.68. The van der Waals surface area contributed by atoms with E-state index in [1.807, 2.05) is 6.92 Å². The molecule has 0 radical (unpaired) electrons. The van der Waals surface area contributed by atoms with Crippen LogP contribution in [-0.2, 0) is 0 Å². The van der Waals surface area contributed by atoms with Crippen molar-refractivity contribution in [1.29, 1.82) is 5.26 Å². The molecule has 9 heteroatoms. The van der Waals surface area contributed by atoms with Gasteiger partial charge in [-0.25, -0.2) is 0 Å². The Morgan fingerprint density at radius 3 is 2.74 bits per heavy atom. The first-order valence-electron chi connectivity index (χ1n) is 8.21. The second kappa shape index (κ2) is 9.32. The van der Waals surface area contributed by atoms with Crippen LogP contribution in [0.3, 0.4) is 0 Å². The number of aliphatic hydroxyl groups excluding tert-OH is 1. The van der Waals surface area contributed by atoms with Gasteiger partial charge in [-0.15, -0.1) is 0 Å². The van der Waals surface area contributed by atoms with Crippen molar-refractivity contribution in [3.63, 3.8) is 0 Å². The van der Waals surface area contributed by atoms with Crippen LogP contribution in [0.15, 0.2) is 51.1 Å². The van der Waals surface area contributed by atoms with Crippen LogP contribution in [0.1, 0.15) is 36.9 Å². The fraction of sp³-hybridized carbons (Fsp3) is 0.278. The van der Waals surface area contributed by atoms with Crippen LogP contribution in [0, 0.1) is 21.4 Å². The minimum absolute atomic E-state index is 0.102. The number of nitrogens with zero attached hydrogens (tertiary/aromatic N) is 4. The minimum atomic E-state index is -0.844. The third-order valence-electron chi connectivity index (χ3n) is 3.93. The van der Waals surface area contributed by atoms with E-state index >= 15 is 0 Å². The molecule has 0 amide bonds. The van der Waals surface area contributed by atoms with E-state index in [2.05, 4.69) is 32.2 Å². The molecule has 0 aromatic heterocycles. The van der Waals surface area contributed by atoms with Gasteiger partial charge in [0.2, 0.25) is 0 Å². The Kier molecular flexibility index (Phi) is 7.12. The fourth-order valence-electron chi connectivity index (χ4n) is 2.57. The number of hydrogen-bond donors (Lipinski definition) is 2. The van der Waals surface area contributed by atoms with Crippen molar-refractivity contribution in [2.24, 2.45) is 16.0 Å². The van der Waals surface area contributed by atoms with Crippen molar-refractivity contribution in [3.05, 3.63) is 62.1 Å². The Hall–Kier alpha value is -2.67. The third kappa shape index (κ3) is 4.95. The van der Waals surface area contributed by atoms with Crippen LogP contribution < -0.4 is 5.73 Å². The first-order chi connectivity index (χ1) is 12.9. The van der Waals surface area contributed by atoms with E-state index in [1.54, 1.807) is 18.2 Å². The predicted octanol–water partition coefficient (Wildman–Crippen LogP) is 4.81. The number of nitriles is 1. The van der Waals surface area contributed by atoms with Crippen molar-refractivity contribution < 1.29 is 10.0 Å². The summed E-state index contributed by atoms with van der Waals surface area (Å²) in [5.74, 6) is 0. The molecule has 140 valence electrons. The lowest BCUT2D eigenvalue weighted by molar-refractivity contribution is -0.384. The number of nitro benzene ring substituents is 1. The van der Waals surface area contributed by atoms with Gasteiger partial charge >= 0.3 is 0 Å². The van der Waals surface area contributed by atoms with E-state index < -0.39 is 17.1 Å². The molecule has 2 atom stereocenters. The van der Waals surface area contributed by atoms with Gasteiger partial charge in [0.05, 0.1) is 34.0 Å². The summed E-state index contributed by atoms with van der Waals surface area (Å²) in [6, 6.07) is 10.2. The van der Waals surface area contributed by atoms with Gasteiger partial charge in [-0.3, -0.25) is 10.1 Å². The Labute approximate surface area is 164 Å². The van der Waals surface area contributed by atoms with Gasteiger partial charge in [-0.05, 0) is 40.5 Å². The topological polar surface area (TPSA) is 138 Å². The van der Waals surface area contributed by atoms with Crippen LogP contribution >= 0.6 is 15.9 Å². The molecule has 0 aliphatic heterocycles. The molecular formula is C18H18BrN5O3. The predicted molar refractivity (Wildman–Crippen MR) is 104 cm³/mol. The molecule has 0 heterocycles. The van der Waals surface area contributed by atoms with E-state index in [4.69, 9.17) is 5.73 Å². The largest absolute Gasteiger partial charge is 0.391 e. The molecule has 0 aliphatic carbocycles. The van der Waals surface area contributed by atoms with Crippen molar-refractivity contribution >= 4 is 33.0 Å². The molecule has 2 rings (SSSR count). The molecular weight excluding hydrogens is 414 g/mol. The summed E-state index contributed by atoms with van der Waals surface area (Å²) in [7, 11) is 0. The SMILES string of the molecule is CCCC(O)C(N)c1c(N=Nc2cccc([N+](=O)[O-])c2)ccc(Br)c1C#N. The van der Waals surface area contributed by atoms with Crippen molar-refractivity contribution in [1.82, 2.24) is 0 Å². The Morgan fingerprint density at radius 1 is 1.37 bits per heavy atom. The molecule has 3 N–H and O–H groups in total. The summed E-state index contributed by atoms with van der Waals surface area (Å²) >= 11 is 3.31. The zero-order valence-corrected chi connectivity index (χ0v) is 16.1. The summed E-state index contributed by atoms with van der Waals surface area (Å²) in [5, 5.41) is 38.8. The maximum Gasteiger partial charge on any atom is 0.271 e. The first-order valence-corrected chi connectivity index (χ1v) is 9.00. The van der Waals surface area contributed by atoms with Crippen molar-refractivity contribution in [3.8, 4) is 6.07 Å². The van der Waals surface area contributed by atoms with Gasteiger partial charge in [0.25, 0.3) is 5.69 Å². The summed E-state index contributed by atoms with van der Waals surface area (Å²) in [6.07, 6.45) is 0.359. The van der Waals surface area contributed by atoms with Gasteiger partial charge in [-0.1, -0.05) is 19.4 Å². The molecule has 0 saturated carbocycles. The van der Waals surface area contributed by atoms with E-state index in [0.717, 1.165) is 6.42 Å². The number of halogens is 1. The van der Waals surface area contributed by atoms with E-state index in [1.165, 1.54) is 18.2 Å². The van der Waals surface area contributed by atoms with E-state index in [-0.39, 0.29) is 11.3 Å². The quantitative estimate of drug-likeness (QED) is 0.368. The molecule has 2 aromatic carbocycles. The highest BCUT2D eigenvalue weighted by atomic mass is 79.9. The number of benzene rings is 2. The lowest BCUT2D eigenvalue weighted by atomic mass is 9.93. The number of nitrogens with two attached hydrogens (primary N) is 1. The summed E-state index contributed by atoms with van der Waals surface area (Å²) in [4.78, 5) is 10.4. The maximum atomic E-state index is 10.9. The lowest BCUT2D eigenvalue weighted by Crippen LogP contribution is -2.27. The highest BCUT2D eigenvalue weighted by Gasteiger charge is 2.24. The summed E-state index contributed by atoms with van der Waals surface area (Å²) in [5.41, 5.74) is 7.35. The fourth-order valence-corrected chi connectivity index (χ4v) is 3.00. The van der Waals surface area contributed by atoms with Gasteiger partial charge in [0, 0.05) is 22.2 Å². The number of azo groups is 1. The van der Waals surface area contributed by atoms with Gasteiger partial charge in [-0.2, -0.15) is 15.5 Å². The molecule has 27 heavy (non-hydrogen) atoms. The molecule has 8 nitrogen and oxygen atoms in total. The monoisotopic (exact) mass is 431 g/mol. The normalized spacial score (nSPS) is 13.3. The zero-order chi connectivity index (χ0) is 20.0. The molecule has 0 bridgehead atoms. The van der Waals surface area contributed by atoms with Crippen LogP contribution in [0.2, 0.25) is 0 Å². The van der Waals surface area contributed by atoms with Crippen LogP contribution in [0.5, 0.6) is 0 Å². The number of non-ortho nitro benzene ring substituents is 1. The molecule has 0 saturated heterocycles. The highest BCUT2D eigenvalue weighted by molar-refractivity contribution is 9.10. The van der Waals surface area contributed by atoms with Gasteiger partial charge in [0.15, 0.2) is 0 Å². The van der Waals surface area contributed by atoms with Gasteiger partial charge < -0.3 is 10.8 Å². The lowest BCUT2D eigenvalue weighted by Gasteiger charge is -2.21. The van der Waals surface area contributed by atoms with Gasteiger partial charge in [0.1, 0.15) is 6.07 Å². The Bertz CT molecular complexity index is 910. The van der Waals surface area contributed by atoms with E-state index in [0.29, 0.717) is 27.8 Å². The van der Waals surface area contributed by atoms with E-state index in [9.17, 15) is 20.5 Å². The zero-order valence-electron chi connectivity index (χ0n) is 14.5. The summed E-state index contributed by atoms with van der Waals surface area (Å²) < 4.78 is 0.536. The van der Waals surface area contributed by atoms with Crippen LogP contribution in [-0.4, -0.2) is 16.1 Å². The molecule has 0 fully saturated rings. The Morgan fingerprint density at radius 2 is 2.11 bits per heavy atom. The van der Waals surface area contributed by atoms with Crippen molar-refractivity contribution in [2.45, 2.75) is 31.9 Å². The Balaban J connectivity index is 2.49. The number of aliphatic hydroxyl groups is 1. The second-order valence-electron chi connectivity index (χ2n) is 5.83. The average Bonchev–Trinajstić information content (AvgIpc) is 2.66. The molecule has 0 spiro atoms. The van der Waals surface area contributed by atoms with Crippen LogP contribution in [0.25, 0.3) is 0 Å².